The summed E-state index contributed by atoms with van der Waals surface area (Å²) in [6.45, 7) is 4.95. The van der Waals surface area contributed by atoms with Crippen molar-refractivity contribution < 1.29 is 9.53 Å². The van der Waals surface area contributed by atoms with Gasteiger partial charge in [0, 0.05) is 6.54 Å². The summed E-state index contributed by atoms with van der Waals surface area (Å²) in [5.41, 5.74) is 0. The van der Waals surface area contributed by atoms with Crippen LogP contribution in [0.25, 0.3) is 0 Å². The minimum atomic E-state index is -0.148. The average molecular weight is 274 g/mol. The fourth-order valence-corrected chi connectivity index (χ4v) is 1.24. The van der Waals surface area contributed by atoms with Gasteiger partial charge in [-0.1, -0.05) is 6.92 Å². The molecule has 0 aliphatic rings. The molecule has 1 aromatic rings. The molecule has 1 amide bonds. The topological polar surface area (TPSA) is 89.0 Å². The van der Waals surface area contributed by atoms with Crippen molar-refractivity contribution in [1.29, 1.82) is 0 Å². The lowest BCUT2D eigenvalue weighted by atomic mass is 10.5. The quantitative estimate of drug-likeness (QED) is 0.766. The van der Waals surface area contributed by atoms with Crippen LogP contribution >= 0.6 is 11.6 Å². The Labute approximate surface area is 110 Å². The Morgan fingerprint density at radius 1 is 1.33 bits per heavy atom. The van der Waals surface area contributed by atoms with Gasteiger partial charge in [-0.3, -0.25) is 4.79 Å². The van der Waals surface area contributed by atoms with Gasteiger partial charge in [-0.05, 0) is 24.9 Å². The van der Waals surface area contributed by atoms with E-state index in [2.05, 4.69) is 25.6 Å². The first-order chi connectivity index (χ1) is 8.65. The minimum absolute atomic E-state index is 0.0227. The molecule has 0 saturated carbocycles. The van der Waals surface area contributed by atoms with Gasteiger partial charge in [-0.15, -0.1) is 0 Å². The number of nitrogens with one attached hydrogen (secondary N) is 2. The van der Waals surface area contributed by atoms with Crippen molar-refractivity contribution in [3.05, 3.63) is 5.28 Å². The number of likely N-dealkylation sites (N-methyl/N-ethyl adjacent to an activating group) is 1. The number of anilines is 1. The van der Waals surface area contributed by atoms with Crippen LogP contribution in [-0.2, 0) is 4.79 Å². The molecule has 0 spiro atoms. The highest BCUT2D eigenvalue weighted by Gasteiger charge is 2.07. The summed E-state index contributed by atoms with van der Waals surface area (Å²) in [4.78, 5) is 22.9. The number of hydrogen-bond acceptors (Lipinski definition) is 6. The summed E-state index contributed by atoms with van der Waals surface area (Å²) in [7, 11) is 0. The smallest absolute Gasteiger partial charge is 0.322 e. The molecule has 0 aliphatic carbocycles. The van der Waals surface area contributed by atoms with E-state index < -0.39 is 0 Å². The van der Waals surface area contributed by atoms with Crippen molar-refractivity contribution in [2.75, 3.05) is 25.0 Å². The van der Waals surface area contributed by atoms with E-state index in [1.54, 1.807) is 0 Å². The first-order valence-corrected chi connectivity index (χ1v) is 6.08. The largest absolute Gasteiger partial charge is 0.463 e. The van der Waals surface area contributed by atoms with Gasteiger partial charge in [0.2, 0.25) is 17.1 Å². The average Bonchev–Trinajstić information content (AvgIpc) is 2.34. The summed E-state index contributed by atoms with van der Waals surface area (Å²) in [5.74, 6) is 0.0671. The standard InChI is InChI=1S/C10H16ClN5O2/c1-3-5-18-10-15-8(11)14-9(16-10)13-6-7(17)12-4-2/h3-6H2,1-2H3,(H,12,17)(H,13,14,15,16). The van der Waals surface area contributed by atoms with E-state index in [9.17, 15) is 4.79 Å². The monoisotopic (exact) mass is 273 g/mol. The van der Waals surface area contributed by atoms with E-state index >= 15 is 0 Å². The Hall–Kier alpha value is -1.63. The van der Waals surface area contributed by atoms with Gasteiger partial charge >= 0.3 is 6.01 Å². The van der Waals surface area contributed by atoms with E-state index in [4.69, 9.17) is 16.3 Å². The van der Waals surface area contributed by atoms with Gasteiger partial charge in [0.15, 0.2) is 0 Å². The molecule has 1 rings (SSSR count). The second-order valence-corrected chi connectivity index (χ2v) is 3.70. The zero-order chi connectivity index (χ0) is 13.4. The van der Waals surface area contributed by atoms with E-state index in [0.29, 0.717) is 13.2 Å². The predicted molar refractivity (Wildman–Crippen MR) is 67.8 cm³/mol. The summed E-state index contributed by atoms with van der Waals surface area (Å²) < 4.78 is 5.24. The molecule has 8 heteroatoms. The first-order valence-electron chi connectivity index (χ1n) is 5.70. The number of hydrogen-bond donors (Lipinski definition) is 2. The third-order valence-corrected chi connectivity index (χ3v) is 1.97. The Morgan fingerprint density at radius 3 is 2.78 bits per heavy atom. The van der Waals surface area contributed by atoms with Gasteiger partial charge < -0.3 is 15.4 Å². The number of carbonyl (C=O) groups is 1. The van der Waals surface area contributed by atoms with Crippen molar-refractivity contribution in [2.45, 2.75) is 20.3 Å². The number of rotatable bonds is 7. The van der Waals surface area contributed by atoms with Crippen LogP contribution in [0.3, 0.4) is 0 Å². The number of carbonyl (C=O) groups excluding carboxylic acids is 1. The van der Waals surface area contributed by atoms with Crippen LogP contribution in [0, 0.1) is 0 Å². The maximum absolute atomic E-state index is 11.2. The Bertz CT molecular complexity index is 402. The molecule has 0 atom stereocenters. The van der Waals surface area contributed by atoms with Crippen LogP contribution < -0.4 is 15.4 Å². The maximum Gasteiger partial charge on any atom is 0.322 e. The highest BCUT2D eigenvalue weighted by molar-refractivity contribution is 6.28. The molecule has 0 radical (unpaired) electrons. The van der Waals surface area contributed by atoms with Crippen LogP contribution in [-0.4, -0.2) is 40.6 Å². The molecule has 1 heterocycles. The normalized spacial score (nSPS) is 9.94. The molecule has 0 bridgehead atoms. The van der Waals surface area contributed by atoms with E-state index in [1.165, 1.54) is 0 Å². The first kappa shape index (κ1) is 14.4. The lowest BCUT2D eigenvalue weighted by molar-refractivity contribution is -0.119. The lowest BCUT2D eigenvalue weighted by Crippen LogP contribution is -2.29. The van der Waals surface area contributed by atoms with Crippen LogP contribution in [0.4, 0.5) is 5.95 Å². The molecule has 0 aliphatic heterocycles. The van der Waals surface area contributed by atoms with Gasteiger partial charge in [0.25, 0.3) is 0 Å². The number of amides is 1. The summed E-state index contributed by atoms with van der Waals surface area (Å²) >= 11 is 5.72. The molecular weight excluding hydrogens is 258 g/mol. The zero-order valence-electron chi connectivity index (χ0n) is 10.4. The van der Waals surface area contributed by atoms with Gasteiger partial charge in [-0.25, -0.2) is 0 Å². The lowest BCUT2D eigenvalue weighted by Gasteiger charge is -2.07. The van der Waals surface area contributed by atoms with Gasteiger partial charge in [-0.2, -0.15) is 15.0 Å². The second kappa shape index (κ2) is 7.65. The van der Waals surface area contributed by atoms with E-state index in [0.717, 1.165) is 6.42 Å². The minimum Gasteiger partial charge on any atom is -0.463 e. The third-order valence-electron chi connectivity index (χ3n) is 1.80. The molecule has 7 nitrogen and oxygen atoms in total. The highest BCUT2D eigenvalue weighted by Crippen LogP contribution is 2.11. The number of ether oxygens (including phenoxy) is 1. The fourth-order valence-electron chi connectivity index (χ4n) is 1.09. The van der Waals surface area contributed by atoms with E-state index in [-0.39, 0.29) is 29.7 Å². The summed E-state index contributed by atoms with van der Waals surface area (Å²) in [5, 5.41) is 5.41. The fraction of sp³-hybridized carbons (Fsp3) is 0.600. The van der Waals surface area contributed by atoms with Crippen molar-refractivity contribution >= 4 is 23.5 Å². The van der Waals surface area contributed by atoms with Gasteiger partial charge in [0.1, 0.15) is 0 Å². The van der Waals surface area contributed by atoms with Crippen LogP contribution in [0.5, 0.6) is 6.01 Å². The molecular formula is C10H16ClN5O2. The zero-order valence-corrected chi connectivity index (χ0v) is 11.1. The van der Waals surface area contributed by atoms with Gasteiger partial charge in [0.05, 0.1) is 13.2 Å². The Morgan fingerprint density at radius 2 is 2.11 bits per heavy atom. The molecule has 18 heavy (non-hydrogen) atoms. The highest BCUT2D eigenvalue weighted by atomic mass is 35.5. The molecule has 0 fully saturated rings. The summed E-state index contributed by atoms with van der Waals surface area (Å²) in [6, 6.07) is 0.148. The van der Waals surface area contributed by atoms with Crippen LogP contribution in [0.1, 0.15) is 20.3 Å². The predicted octanol–water partition coefficient (Wildman–Crippen LogP) is 0.862. The molecule has 100 valence electrons. The van der Waals surface area contributed by atoms with Crippen molar-refractivity contribution in [2.24, 2.45) is 0 Å². The molecule has 1 aromatic heterocycles. The SMILES string of the molecule is CCCOc1nc(Cl)nc(NCC(=O)NCC)n1. The number of nitrogens with zero attached hydrogens (tertiary/aromatic N) is 3. The van der Waals surface area contributed by atoms with Crippen molar-refractivity contribution in [1.82, 2.24) is 20.3 Å². The molecule has 0 unspecified atom stereocenters. The Kier molecular flexibility index (Phi) is 6.13. The molecule has 0 aromatic carbocycles. The summed E-state index contributed by atoms with van der Waals surface area (Å²) in [6.07, 6.45) is 0.838. The number of aromatic nitrogens is 3. The third kappa shape index (κ3) is 5.13. The van der Waals surface area contributed by atoms with Crippen molar-refractivity contribution in [3.8, 4) is 6.01 Å². The Balaban J connectivity index is 2.59. The number of halogens is 1. The van der Waals surface area contributed by atoms with Crippen LogP contribution in [0.2, 0.25) is 5.28 Å². The molecule has 0 saturated heterocycles. The van der Waals surface area contributed by atoms with Crippen molar-refractivity contribution in [3.63, 3.8) is 0 Å². The van der Waals surface area contributed by atoms with E-state index in [1.807, 2.05) is 13.8 Å². The molecule has 2 N–H and O–H groups in total. The van der Waals surface area contributed by atoms with Crippen LogP contribution in [0.15, 0.2) is 0 Å². The second-order valence-electron chi connectivity index (χ2n) is 3.37. The maximum atomic E-state index is 11.2.